The zero-order valence-electron chi connectivity index (χ0n) is 9.20. The van der Waals surface area contributed by atoms with Gasteiger partial charge in [-0.05, 0) is 24.3 Å². The molecular weight excluding hydrogens is 276 g/mol. The van der Waals surface area contributed by atoms with Gasteiger partial charge in [-0.2, -0.15) is 0 Å². The molecule has 18 heavy (non-hydrogen) atoms. The van der Waals surface area contributed by atoms with E-state index in [0.717, 1.165) is 0 Å². The molecule has 0 aliphatic carbocycles. The van der Waals surface area contributed by atoms with E-state index in [1.165, 1.54) is 12.3 Å². The minimum Gasteiger partial charge on any atom is -0.271 e. The molecule has 3 nitrogen and oxygen atoms in total. The number of nitrogens with zero attached hydrogens (tertiary/aromatic N) is 1. The van der Waals surface area contributed by atoms with Gasteiger partial charge in [0.25, 0.3) is 0 Å². The van der Waals surface area contributed by atoms with Gasteiger partial charge in [-0.3, -0.25) is 10.8 Å². The summed E-state index contributed by atoms with van der Waals surface area (Å²) in [5.41, 5.74) is 3.47. The molecule has 0 saturated carbocycles. The normalized spacial score (nSPS) is 12.4. The zero-order valence-corrected chi connectivity index (χ0v) is 10.7. The lowest BCUT2D eigenvalue weighted by Crippen LogP contribution is -2.30. The van der Waals surface area contributed by atoms with Crippen molar-refractivity contribution in [3.8, 4) is 0 Å². The number of hydrazine groups is 1. The van der Waals surface area contributed by atoms with Crippen molar-refractivity contribution in [3.63, 3.8) is 0 Å². The van der Waals surface area contributed by atoms with Gasteiger partial charge in [0.15, 0.2) is 0 Å². The van der Waals surface area contributed by atoms with Crippen molar-refractivity contribution in [1.82, 2.24) is 10.4 Å². The van der Waals surface area contributed by atoms with Crippen LogP contribution < -0.4 is 11.3 Å². The molecule has 2 aromatic rings. The van der Waals surface area contributed by atoms with Crippen molar-refractivity contribution in [2.45, 2.75) is 6.04 Å². The zero-order chi connectivity index (χ0) is 13.1. The van der Waals surface area contributed by atoms with E-state index in [1.54, 1.807) is 24.3 Å². The van der Waals surface area contributed by atoms with Crippen LogP contribution in [0.5, 0.6) is 0 Å². The molecule has 0 spiro atoms. The molecule has 6 heteroatoms. The first-order valence-corrected chi connectivity index (χ1v) is 5.90. The maximum atomic E-state index is 13.8. The Labute approximate surface area is 114 Å². The molecule has 1 unspecified atom stereocenters. The Morgan fingerprint density at radius 3 is 2.44 bits per heavy atom. The fourth-order valence-corrected chi connectivity index (χ4v) is 1.90. The summed E-state index contributed by atoms with van der Waals surface area (Å²) >= 11 is 11.5. The van der Waals surface area contributed by atoms with Crippen LogP contribution in [0.4, 0.5) is 4.39 Å². The largest absolute Gasteiger partial charge is 0.271 e. The maximum Gasteiger partial charge on any atom is 0.129 e. The van der Waals surface area contributed by atoms with E-state index in [9.17, 15) is 4.39 Å². The summed E-state index contributed by atoms with van der Waals surface area (Å²) < 4.78 is 13.8. The Hall–Kier alpha value is -1.20. The Kier molecular flexibility index (Phi) is 4.14. The molecule has 0 bridgehead atoms. The second-order valence-corrected chi connectivity index (χ2v) is 4.54. The third-order valence-electron chi connectivity index (χ3n) is 2.49. The fraction of sp³-hybridized carbons (Fsp3) is 0.0833. The third kappa shape index (κ3) is 2.79. The van der Waals surface area contributed by atoms with E-state index >= 15 is 0 Å². The molecule has 0 aliphatic heterocycles. The van der Waals surface area contributed by atoms with Gasteiger partial charge < -0.3 is 0 Å². The van der Waals surface area contributed by atoms with Crippen LogP contribution >= 0.6 is 23.2 Å². The second-order valence-electron chi connectivity index (χ2n) is 3.67. The number of hydrogen-bond acceptors (Lipinski definition) is 3. The number of rotatable bonds is 3. The average Bonchev–Trinajstić information content (AvgIpc) is 2.35. The van der Waals surface area contributed by atoms with Gasteiger partial charge in [0.1, 0.15) is 5.82 Å². The van der Waals surface area contributed by atoms with E-state index in [2.05, 4.69) is 10.4 Å². The van der Waals surface area contributed by atoms with E-state index in [4.69, 9.17) is 29.0 Å². The summed E-state index contributed by atoms with van der Waals surface area (Å²) in [4.78, 5) is 4.12. The Bertz CT molecular complexity index is 546. The van der Waals surface area contributed by atoms with Crippen LogP contribution in [0.3, 0.4) is 0 Å². The number of pyridine rings is 1. The van der Waals surface area contributed by atoms with Crippen LogP contribution in [0.2, 0.25) is 10.0 Å². The molecule has 94 valence electrons. The van der Waals surface area contributed by atoms with Crippen LogP contribution in [0.15, 0.2) is 36.5 Å². The van der Waals surface area contributed by atoms with Crippen LogP contribution in [0.1, 0.15) is 17.3 Å². The fourth-order valence-electron chi connectivity index (χ4n) is 1.63. The molecule has 1 heterocycles. The number of benzene rings is 1. The number of hydrogen-bond donors (Lipinski definition) is 2. The molecule has 1 aromatic heterocycles. The van der Waals surface area contributed by atoms with E-state index < -0.39 is 11.9 Å². The van der Waals surface area contributed by atoms with Crippen molar-refractivity contribution < 1.29 is 4.39 Å². The summed E-state index contributed by atoms with van der Waals surface area (Å²) in [5.74, 6) is 5.02. The van der Waals surface area contributed by atoms with Crippen molar-refractivity contribution in [1.29, 1.82) is 0 Å². The lowest BCUT2D eigenvalue weighted by atomic mass is 10.0. The van der Waals surface area contributed by atoms with Gasteiger partial charge >= 0.3 is 0 Å². The molecule has 1 aromatic carbocycles. The molecular formula is C12H10Cl2FN3. The van der Waals surface area contributed by atoms with Gasteiger partial charge in [0.05, 0.1) is 16.8 Å². The predicted octanol–water partition coefficient (Wildman–Crippen LogP) is 3.08. The average molecular weight is 286 g/mol. The predicted molar refractivity (Wildman–Crippen MR) is 69.8 cm³/mol. The molecule has 0 saturated heterocycles. The Morgan fingerprint density at radius 2 is 1.89 bits per heavy atom. The van der Waals surface area contributed by atoms with Gasteiger partial charge in [0, 0.05) is 16.8 Å². The second kappa shape index (κ2) is 5.63. The van der Waals surface area contributed by atoms with Crippen molar-refractivity contribution in [3.05, 3.63) is 63.6 Å². The third-order valence-corrected chi connectivity index (χ3v) is 2.94. The van der Waals surface area contributed by atoms with Gasteiger partial charge in [-0.15, -0.1) is 0 Å². The molecule has 1 atom stereocenters. The Balaban J connectivity index is 2.41. The highest BCUT2D eigenvalue weighted by atomic mass is 35.5. The highest BCUT2D eigenvalue weighted by Gasteiger charge is 2.17. The van der Waals surface area contributed by atoms with Crippen molar-refractivity contribution >= 4 is 23.2 Å². The van der Waals surface area contributed by atoms with E-state index in [0.29, 0.717) is 21.3 Å². The molecule has 0 amide bonds. The summed E-state index contributed by atoms with van der Waals surface area (Å²) in [6, 6.07) is 7.19. The molecule has 0 aliphatic rings. The van der Waals surface area contributed by atoms with Gasteiger partial charge in [-0.25, -0.2) is 9.82 Å². The van der Waals surface area contributed by atoms with Crippen LogP contribution in [0.25, 0.3) is 0 Å². The summed E-state index contributed by atoms with van der Waals surface area (Å²) in [6.07, 6.45) is 1.48. The quantitative estimate of drug-likeness (QED) is 0.673. The lowest BCUT2D eigenvalue weighted by Gasteiger charge is -2.16. The number of halogens is 3. The first kappa shape index (κ1) is 13.2. The minimum atomic E-state index is -0.556. The van der Waals surface area contributed by atoms with E-state index in [1.807, 2.05) is 0 Å². The monoisotopic (exact) mass is 285 g/mol. The minimum absolute atomic E-state index is 0.330. The highest BCUT2D eigenvalue weighted by Crippen LogP contribution is 2.25. The maximum absolute atomic E-state index is 13.8. The van der Waals surface area contributed by atoms with E-state index in [-0.39, 0.29) is 0 Å². The molecule has 2 rings (SSSR count). The van der Waals surface area contributed by atoms with Gasteiger partial charge in [0.2, 0.25) is 0 Å². The topological polar surface area (TPSA) is 50.9 Å². The van der Waals surface area contributed by atoms with Crippen molar-refractivity contribution in [2.75, 3.05) is 0 Å². The molecule has 3 N–H and O–H groups in total. The van der Waals surface area contributed by atoms with Crippen LogP contribution in [-0.2, 0) is 0 Å². The standard InChI is InChI=1S/C12H10Cl2FN3/c13-7-1-3-9(10(15)5-7)12(18-16)11-4-2-8(14)6-17-11/h1-6,12,18H,16H2. The highest BCUT2D eigenvalue weighted by molar-refractivity contribution is 6.30. The van der Waals surface area contributed by atoms with Crippen LogP contribution in [-0.4, -0.2) is 4.98 Å². The first-order chi connectivity index (χ1) is 8.61. The summed E-state index contributed by atoms with van der Waals surface area (Å²) in [6.45, 7) is 0. The molecule has 0 radical (unpaired) electrons. The summed E-state index contributed by atoms with van der Waals surface area (Å²) in [5, 5.41) is 0.835. The smallest absolute Gasteiger partial charge is 0.129 e. The van der Waals surface area contributed by atoms with Crippen LogP contribution in [0, 0.1) is 5.82 Å². The number of nitrogens with two attached hydrogens (primary N) is 1. The van der Waals surface area contributed by atoms with Gasteiger partial charge in [-0.1, -0.05) is 29.3 Å². The molecule has 0 fully saturated rings. The Morgan fingerprint density at radius 1 is 1.17 bits per heavy atom. The summed E-state index contributed by atoms with van der Waals surface area (Å²) in [7, 11) is 0. The number of nitrogens with one attached hydrogen (secondary N) is 1. The lowest BCUT2D eigenvalue weighted by molar-refractivity contribution is 0.553. The van der Waals surface area contributed by atoms with Crippen molar-refractivity contribution in [2.24, 2.45) is 5.84 Å². The number of aromatic nitrogens is 1. The SMILES string of the molecule is NNC(c1ccc(Cl)cn1)c1ccc(Cl)cc1F. The first-order valence-electron chi connectivity index (χ1n) is 5.14.